The molecule has 0 aromatic carbocycles. The van der Waals surface area contributed by atoms with Gasteiger partial charge in [0.2, 0.25) is 5.16 Å². The first kappa shape index (κ1) is 12.1. The molecule has 0 saturated carbocycles. The van der Waals surface area contributed by atoms with Gasteiger partial charge in [0, 0.05) is 17.9 Å². The molecule has 7 nitrogen and oxygen atoms in total. The van der Waals surface area contributed by atoms with E-state index in [1.807, 2.05) is 13.8 Å². The second kappa shape index (κ2) is 5.28. The topological polar surface area (TPSA) is 95.6 Å². The Bertz CT molecular complexity index is 474. The zero-order chi connectivity index (χ0) is 12.3. The molecule has 2 N–H and O–H groups in total. The van der Waals surface area contributed by atoms with Crippen LogP contribution in [0.15, 0.2) is 9.68 Å². The molecular weight excluding hydrogens is 240 g/mol. The number of aryl methyl sites for hydroxylation is 2. The number of aromatic nitrogens is 5. The van der Waals surface area contributed by atoms with Crippen molar-refractivity contribution in [3.05, 3.63) is 17.0 Å². The van der Waals surface area contributed by atoms with E-state index in [-0.39, 0.29) is 0 Å². The van der Waals surface area contributed by atoms with Gasteiger partial charge in [-0.05, 0) is 24.3 Å². The minimum atomic E-state index is 0.518. The Morgan fingerprint density at radius 3 is 2.88 bits per heavy atom. The first-order valence-electron chi connectivity index (χ1n) is 5.23. The Kier molecular flexibility index (Phi) is 3.75. The lowest BCUT2D eigenvalue weighted by molar-refractivity contribution is 0.392. The summed E-state index contributed by atoms with van der Waals surface area (Å²) in [5.41, 5.74) is 7.48. The molecule has 2 aromatic rings. The Morgan fingerprint density at radius 2 is 2.24 bits per heavy atom. The molecule has 0 saturated heterocycles. The van der Waals surface area contributed by atoms with Crippen molar-refractivity contribution in [2.45, 2.75) is 31.3 Å². The molecule has 17 heavy (non-hydrogen) atoms. The minimum Gasteiger partial charge on any atom is -0.361 e. The predicted octanol–water partition coefficient (Wildman–Crippen LogP) is 0.529. The number of nitrogens with zero attached hydrogens (tertiary/aromatic N) is 5. The third-order valence-corrected chi connectivity index (χ3v) is 3.35. The van der Waals surface area contributed by atoms with Gasteiger partial charge < -0.3 is 10.3 Å². The number of hydrogen-bond acceptors (Lipinski definition) is 7. The molecule has 2 aromatic heterocycles. The highest BCUT2D eigenvalue weighted by molar-refractivity contribution is 7.98. The van der Waals surface area contributed by atoms with Crippen LogP contribution in [0.5, 0.6) is 0 Å². The van der Waals surface area contributed by atoms with Gasteiger partial charge in [-0.1, -0.05) is 16.9 Å². The zero-order valence-corrected chi connectivity index (χ0v) is 10.6. The molecule has 0 spiro atoms. The quantitative estimate of drug-likeness (QED) is 0.777. The second-order valence-corrected chi connectivity index (χ2v) is 4.51. The number of rotatable bonds is 5. The molecule has 92 valence electrons. The van der Waals surface area contributed by atoms with Crippen molar-refractivity contribution in [1.29, 1.82) is 0 Å². The van der Waals surface area contributed by atoms with Crippen molar-refractivity contribution in [3.8, 4) is 0 Å². The van der Waals surface area contributed by atoms with Gasteiger partial charge in [0.05, 0.1) is 12.2 Å². The van der Waals surface area contributed by atoms with Crippen molar-refractivity contribution in [2.24, 2.45) is 5.73 Å². The van der Waals surface area contributed by atoms with Gasteiger partial charge in [-0.2, -0.15) is 0 Å². The van der Waals surface area contributed by atoms with Gasteiger partial charge in [0.15, 0.2) is 0 Å². The van der Waals surface area contributed by atoms with Crippen molar-refractivity contribution in [3.63, 3.8) is 0 Å². The molecule has 0 fully saturated rings. The molecule has 0 atom stereocenters. The molecule has 0 bridgehead atoms. The van der Waals surface area contributed by atoms with Gasteiger partial charge in [-0.15, -0.1) is 5.10 Å². The number of tetrazole rings is 1. The fraction of sp³-hybridized carbons (Fsp3) is 0.556. The summed E-state index contributed by atoms with van der Waals surface area (Å²) in [5.74, 6) is 1.58. The number of thioether (sulfide) groups is 1. The SMILES string of the molecule is Cc1noc(C)c1CSc1nnnn1CCN. The van der Waals surface area contributed by atoms with Gasteiger partial charge in [-0.3, -0.25) is 0 Å². The van der Waals surface area contributed by atoms with Crippen LogP contribution in [0.3, 0.4) is 0 Å². The molecule has 0 radical (unpaired) electrons. The van der Waals surface area contributed by atoms with E-state index in [1.54, 1.807) is 16.4 Å². The van der Waals surface area contributed by atoms with Gasteiger partial charge >= 0.3 is 0 Å². The summed E-state index contributed by atoms with van der Waals surface area (Å²) in [5, 5.41) is 16.1. The minimum absolute atomic E-state index is 0.518. The predicted molar refractivity (Wildman–Crippen MR) is 62.4 cm³/mol. The fourth-order valence-corrected chi connectivity index (χ4v) is 2.46. The third-order valence-electron chi connectivity index (χ3n) is 2.37. The van der Waals surface area contributed by atoms with Crippen LogP contribution < -0.4 is 5.73 Å². The lowest BCUT2D eigenvalue weighted by Crippen LogP contribution is -2.12. The normalized spacial score (nSPS) is 11.0. The smallest absolute Gasteiger partial charge is 0.209 e. The molecule has 2 rings (SSSR count). The van der Waals surface area contributed by atoms with Crippen LogP contribution in [-0.4, -0.2) is 31.9 Å². The lowest BCUT2D eigenvalue weighted by Gasteiger charge is -2.01. The maximum absolute atomic E-state index is 5.48. The van der Waals surface area contributed by atoms with Crippen LogP contribution in [0.4, 0.5) is 0 Å². The van der Waals surface area contributed by atoms with E-state index >= 15 is 0 Å². The monoisotopic (exact) mass is 254 g/mol. The molecule has 0 aliphatic carbocycles. The Morgan fingerprint density at radius 1 is 1.41 bits per heavy atom. The summed E-state index contributed by atoms with van der Waals surface area (Å²) in [7, 11) is 0. The molecule has 0 aliphatic rings. The maximum Gasteiger partial charge on any atom is 0.209 e. The van der Waals surface area contributed by atoms with E-state index in [2.05, 4.69) is 20.7 Å². The van der Waals surface area contributed by atoms with E-state index in [0.717, 1.165) is 27.9 Å². The van der Waals surface area contributed by atoms with Crippen molar-refractivity contribution >= 4 is 11.8 Å². The summed E-state index contributed by atoms with van der Waals surface area (Å²) in [6.45, 7) is 4.97. The highest BCUT2D eigenvalue weighted by Gasteiger charge is 2.12. The van der Waals surface area contributed by atoms with Gasteiger partial charge in [-0.25, -0.2) is 4.68 Å². The van der Waals surface area contributed by atoms with Crippen molar-refractivity contribution in [2.75, 3.05) is 6.54 Å². The maximum atomic E-state index is 5.48. The average Bonchev–Trinajstić information content (AvgIpc) is 2.86. The van der Waals surface area contributed by atoms with Gasteiger partial charge in [0.1, 0.15) is 5.76 Å². The van der Waals surface area contributed by atoms with Gasteiger partial charge in [0.25, 0.3) is 0 Å². The van der Waals surface area contributed by atoms with Crippen molar-refractivity contribution < 1.29 is 4.52 Å². The van der Waals surface area contributed by atoms with E-state index in [9.17, 15) is 0 Å². The summed E-state index contributed by atoms with van der Waals surface area (Å²) in [6.07, 6.45) is 0. The van der Waals surface area contributed by atoms with Crippen LogP contribution in [0, 0.1) is 13.8 Å². The van der Waals surface area contributed by atoms with Crippen molar-refractivity contribution in [1.82, 2.24) is 25.4 Å². The average molecular weight is 254 g/mol. The molecule has 0 unspecified atom stereocenters. The first-order chi connectivity index (χ1) is 8.22. The molecule has 0 amide bonds. The second-order valence-electron chi connectivity index (χ2n) is 3.56. The van der Waals surface area contributed by atoms with E-state index in [4.69, 9.17) is 10.3 Å². The standard InChI is InChI=1S/C9H14N6OS/c1-6-8(7(2)16-12-6)5-17-9-11-13-14-15(9)4-3-10/h3-5,10H2,1-2H3. The van der Waals surface area contributed by atoms with Crippen LogP contribution in [-0.2, 0) is 12.3 Å². The number of nitrogens with two attached hydrogens (primary N) is 1. The molecule has 2 heterocycles. The van der Waals surface area contributed by atoms with Crippen LogP contribution in [0.25, 0.3) is 0 Å². The lowest BCUT2D eigenvalue weighted by atomic mass is 10.2. The fourth-order valence-electron chi connectivity index (χ4n) is 1.41. The third kappa shape index (κ3) is 2.64. The summed E-state index contributed by atoms with van der Waals surface area (Å²) >= 11 is 1.55. The van der Waals surface area contributed by atoms with Crippen LogP contribution in [0.2, 0.25) is 0 Å². The van der Waals surface area contributed by atoms with Crippen LogP contribution in [0.1, 0.15) is 17.0 Å². The summed E-state index contributed by atoms with van der Waals surface area (Å²) < 4.78 is 6.80. The van der Waals surface area contributed by atoms with E-state index in [1.165, 1.54) is 0 Å². The van der Waals surface area contributed by atoms with Crippen LogP contribution >= 0.6 is 11.8 Å². The highest BCUT2D eigenvalue weighted by atomic mass is 32.2. The Hall–Kier alpha value is -1.41. The molecule has 0 aliphatic heterocycles. The Balaban J connectivity index is 2.05. The van der Waals surface area contributed by atoms with E-state index < -0.39 is 0 Å². The first-order valence-corrected chi connectivity index (χ1v) is 6.21. The summed E-state index contributed by atoms with van der Waals surface area (Å²) in [6, 6.07) is 0. The molecule has 8 heteroatoms. The highest BCUT2D eigenvalue weighted by Crippen LogP contribution is 2.23. The molecular formula is C9H14N6OS. The number of hydrogen-bond donors (Lipinski definition) is 1. The largest absolute Gasteiger partial charge is 0.361 e. The zero-order valence-electron chi connectivity index (χ0n) is 9.75. The van der Waals surface area contributed by atoms with E-state index in [0.29, 0.717) is 13.1 Å². The summed E-state index contributed by atoms with van der Waals surface area (Å²) in [4.78, 5) is 0. The Labute approximate surface area is 103 Å².